The fourth-order valence-corrected chi connectivity index (χ4v) is 0.928. The maximum atomic E-state index is 10.5. The van der Waals surface area contributed by atoms with Gasteiger partial charge < -0.3 is 39.7 Å². The number of alkyl halides is 3. The Morgan fingerprint density at radius 1 is 0.870 bits per heavy atom. The molecule has 11 heteroatoms. The van der Waals surface area contributed by atoms with Crippen molar-refractivity contribution in [2.24, 2.45) is 0 Å². The Morgan fingerprint density at radius 2 is 1.17 bits per heavy atom. The highest BCUT2D eigenvalue weighted by molar-refractivity contribution is 5.70. The van der Waals surface area contributed by atoms with Crippen molar-refractivity contribution < 1.29 is 52.9 Å². The molecule has 0 heterocycles. The average Bonchev–Trinajstić information content (AvgIpc) is 2.48. The zero-order valence-electron chi connectivity index (χ0n) is 12.8. The summed E-state index contributed by atoms with van der Waals surface area (Å²) in [6, 6.07) is 0. The van der Waals surface area contributed by atoms with Crippen LogP contribution in [0, 0.1) is 0 Å². The van der Waals surface area contributed by atoms with E-state index in [0.717, 1.165) is 6.54 Å². The van der Waals surface area contributed by atoms with Crippen LogP contribution in [0.1, 0.15) is 0 Å². The number of carboxylic acid groups (broad SMARTS) is 1. The Bertz CT molecular complexity index is 254. The summed E-state index contributed by atoms with van der Waals surface area (Å²) < 4.78 is 52.2. The SMILES string of the molecule is O=C([O-])C(F)(F)F.[NH3+]CCOCCOCCOCCOCCO. The molecule has 0 saturated heterocycles. The van der Waals surface area contributed by atoms with Crippen molar-refractivity contribution in [3.8, 4) is 0 Å². The lowest BCUT2D eigenvalue weighted by molar-refractivity contribution is -0.374. The molecule has 140 valence electrons. The van der Waals surface area contributed by atoms with Crippen LogP contribution in [0.15, 0.2) is 0 Å². The molecular weight excluding hydrogens is 327 g/mol. The van der Waals surface area contributed by atoms with Crippen LogP contribution < -0.4 is 10.8 Å². The Hall–Kier alpha value is -0.980. The van der Waals surface area contributed by atoms with E-state index in [4.69, 9.17) is 34.0 Å². The molecule has 0 unspecified atom stereocenters. The lowest BCUT2D eigenvalue weighted by Crippen LogP contribution is -2.52. The molecule has 0 amide bonds. The van der Waals surface area contributed by atoms with Gasteiger partial charge in [0.05, 0.1) is 66.0 Å². The molecule has 0 aliphatic rings. The number of carbonyl (C=O) groups excluding carboxylic acids is 1. The first kappa shape index (κ1) is 24.3. The van der Waals surface area contributed by atoms with Gasteiger partial charge in [0.15, 0.2) is 0 Å². The second-order valence-electron chi connectivity index (χ2n) is 3.81. The van der Waals surface area contributed by atoms with E-state index in [1.807, 2.05) is 0 Å². The number of aliphatic hydroxyl groups is 1. The summed E-state index contributed by atoms with van der Waals surface area (Å²) in [5.41, 5.74) is 3.66. The molecule has 4 N–H and O–H groups in total. The molecule has 23 heavy (non-hydrogen) atoms. The number of quaternary nitrogens is 1. The number of halogens is 3. The summed E-state index contributed by atoms with van der Waals surface area (Å²) in [5, 5.41) is 17.2. The van der Waals surface area contributed by atoms with Gasteiger partial charge in [0.25, 0.3) is 0 Å². The Labute approximate surface area is 132 Å². The second-order valence-corrected chi connectivity index (χ2v) is 3.81. The van der Waals surface area contributed by atoms with Crippen LogP contribution in [0.3, 0.4) is 0 Å². The van der Waals surface area contributed by atoms with Crippen molar-refractivity contribution in [1.82, 2.24) is 0 Å². The molecule has 0 bridgehead atoms. The topological polar surface area (TPSA) is 125 Å². The average molecular weight is 351 g/mol. The van der Waals surface area contributed by atoms with E-state index >= 15 is 0 Å². The minimum atomic E-state index is -5.19. The first-order valence-corrected chi connectivity index (χ1v) is 6.85. The molecule has 0 aromatic carbocycles. The van der Waals surface area contributed by atoms with Crippen molar-refractivity contribution in [2.45, 2.75) is 6.18 Å². The Kier molecular flexibility index (Phi) is 18.3. The molecule has 0 saturated carbocycles. The van der Waals surface area contributed by atoms with Gasteiger partial charge in [0, 0.05) is 0 Å². The number of carboxylic acids is 1. The van der Waals surface area contributed by atoms with Gasteiger partial charge >= 0.3 is 6.18 Å². The summed E-state index contributed by atoms with van der Waals surface area (Å²) >= 11 is 0. The van der Waals surface area contributed by atoms with Crippen LogP contribution in [0.2, 0.25) is 0 Å². The van der Waals surface area contributed by atoms with Crippen molar-refractivity contribution in [2.75, 3.05) is 66.0 Å². The minimum absolute atomic E-state index is 0.0520. The molecule has 0 aliphatic heterocycles. The highest BCUT2D eigenvalue weighted by atomic mass is 19.4. The van der Waals surface area contributed by atoms with E-state index < -0.39 is 12.1 Å². The maximum Gasteiger partial charge on any atom is 0.430 e. The molecule has 0 aliphatic carbocycles. The normalized spacial score (nSPS) is 11.0. The lowest BCUT2D eigenvalue weighted by Gasteiger charge is -2.06. The maximum absolute atomic E-state index is 10.5. The van der Waals surface area contributed by atoms with Crippen LogP contribution >= 0.6 is 0 Å². The number of ether oxygens (including phenoxy) is 4. The number of aliphatic carboxylic acids is 1. The smallest absolute Gasteiger partial charge is 0.430 e. The first-order chi connectivity index (χ1) is 10.9. The molecule has 0 aromatic rings. The van der Waals surface area contributed by atoms with Gasteiger partial charge in [0.1, 0.15) is 5.97 Å². The number of hydrogen-bond acceptors (Lipinski definition) is 7. The van der Waals surface area contributed by atoms with Gasteiger partial charge in [-0.25, -0.2) is 0 Å². The molecule has 0 rings (SSSR count). The molecule has 8 nitrogen and oxygen atoms in total. The molecule has 0 fully saturated rings. The van der Waals surface area contributed by atoms with Gasteiger partial charge in [-0.05, 0) is 0 Å². The largest absolute Gasteiger partial charge is 0.542 e. The van der Waals surface area contributed by atoms with Crippen molar-refractivity contribution in [1.29, 1.82) is 0 Å². The van der Waals surface area contributed by atoms with E-state index in [1.165, 1.54) is 0 Å². The molecule has 0 atom stereocenters. The van der Waals surface area contributed by atoms with E-state index in [2.05, 4.69) is 5.73 Å². The third-order valence-electron chi connectivity index (χ3n) is 1.87. The van der Waals surface area contributed by atoms with Crippen LogP contribution in [0.5, 0.6) is 0 Å². The van der Waals surface area contributed by atoms with Crippen LogP contribution in [-0.2, 0) is 23.7 Å². The molecule has 0 aromatic heterocycles. The standard InChI is InChI=1S/C10H23NO5.C2HF3O2/c11-1-3-13-5-7-15-9-10-16-8-6-14-4-2-12;3-2(4,5)1(6)7/h12H,1-11H2;(H,6,7). The summed E-state index contributed by atoms with van der Waals surface area (Å²) in [6.45, 7) is 5.23. The molecular formula is C12H24F3NO7. The Morgan fingerprint density at radius 3 is 1.43 bits per heavy atom. The number of hydrogen-bond donors (Lipinski definition) is 2. The van der Waals surface area contributed by atoms with E-state index in [9.17, 15) is 13.2 Å². The van der Waals surface area contributed by atoms with E-state index in [-0.39, 0.29) is 6.61 Å². The van der Waals surface area contributed by atoms with Gasteiger partial charge in [-0.1, -0.05) is 0 Å². The van der Waals surface area contributed by atoms with E-state index in [1.54, 1.807) is 0 Å². The fraction of sp³-hybridized carbons (Fsp3) is 0.917. The zero-order valence-corrected chi connectivity index (χ0v) is 12.8. The minimum Gasteiger partial charge on any atom is -0.542 e. The lowest BCUT2D eigenvalue weighted by atomic mass is 10.7. The summed E-state index contributed by atoms with van der Waals surface area (Å²) in [5.74, 6) is -3.01. The second kappa shape index (κ2) is 17.4. The number of aliphatic hydroxyl groups excluding tert-OH is 1. The quantitative estimate of drug-likeness (QED) is 0.354. The number of carbonyl (C=O) groups is 1. The van der Waals surface area contributed by atoms with Crippen LogP contribution in [-0.4, -0.2) is 83.3 Å². The summed E-state index contributed by atoms with van der Waals surface area (Å²) in [7, 11) is 0. The fourth-order valence-electron chi connectivity index (χ4n) is 0.928. The van der Waals surface area contributed by atoms with Crippen molar-refractivity contribution in [3.63, 3.8) is 0 Å². The van der Waals surface area contributed by atoms with Crippen LogP contribution in [0.4, 0.5) is 13.2 Å². The first-order valence-electron chi connectivity index (χ1n) is 6.85. The Balaban J connectivity index is 0. The van der Waals surface area contributed by atoms with Crippen molar-refractivity contribution in [3.05, 3.63) is 0 Å². The summed E-state index contributed by atoms with van der Waals surface area (Å²) in [6.07, 6.45) is -5.19. The highest BCUT2D eigenvalue weighted by Crippen LogP contribution is 2.11. The van der Waals surface area contributed by atoms with Crippen molar-refractivity contribution >= 4 is 5.97 Å². The number of rotatable bonds is 13. The molecule has 0 radical (unpaired) electrons. The zero-order chi connectivity index (χ0) is 18.0. The predicted molar refractivity (Wildman–Crippen MR) is 69.2 cm³/mol. The highest BCUT2D eigenvalue weighted by Gasteiger charge is 2.28. The van der Waals surface area contributed by atoms with Gasteiger partial charge in [0.2, 0.25) is 0 Å². The van der Waals surface area contributed by atoms with Gasteiger partial charge in [-0.2, -0.15) is 13.2 Å². The summed E-state index contributed by atoms with van der Waals surface area (Å²) in [4.78, 5) is 8.78. The van der Waals surface area contributed by atoms with Crippen LogP contribution in [0.25, 0.3) is 0 Å². The predicted octanol–water partition coefficient (Wildman–Crippen LogP) is -2.41. The van der Waals surface area contributed by atoms with E-state index in [0.29, 0.717) is 52.9 Å². The third kappa shape index (κ3) is 23.4. The third-order valence-corrected chi connectivity index (χ3v) is 1.87. The molecule has 0 spiro atoms. The van der Waals surface area contributed by atoms with Gasteiger partial charge in [-0.3, -0.25) is 0 Å². The monoisotopic (exact) mass is 351 g/mol. The van der Waals surface area contributed by atoms with Gasteiger partial charge in [-0.15, -0.1) is 0 Å².